The highest BCUT2D eigenvalue weighted by Gasteiger charge is 2.23. The average Bonchev–Trinajstić information content (AvgIpc) is 3.43. The Bertz CT molecular complexity index is 1260. The highest BCUT2D eigenvalue weighted by Crippen LogP contribution is 2.22. The number of fused-ring (bicyclic) bond motifs is 1. The molecule has 2 amide bonds. The molecule has 4 aromatic rings. The van der Waals surface area contributed by atoms with Gasteiger partial charge in [0.15, 0.2) is 0 Å². The van der Waals surface area contributed by atoms with Gasteiger partial charge in [-0.1, -0.05) is 36.4 Å². The maximum atomic E-state index is 13.6. The molecule has 1 N–H and O–H groups in total. The minimum atomic E-state index is -0.107. The Morgan fingerprint density at radius 3 is 2.42 bits per heavy atom. The number of carbonyl (C=O) groups is 2. The normalized spacial score (nSPS) is 12.0. The molecule has 0 spiro atoms. The van der Waals surface area contributed by atoms with Crippen molar-refractivity contribution in [3.8, 4) is 0 Å². The summed E-state index contributed by atoms with van der Waals surface area (Å²) in [5.41, 5.74) is 3.51. The standard InChI is InChI=1S/C27H30N4O2/c1-29-17-8-13-25(29)26(32)28-16-14-21(19-20-9-5-4-6-10-20)31(3)27(33)23-11-7-12-24-22(23)15-18-30(24)2/h4-13,15,17-18,21H,14,16,19H2,1-3H3,(H,28,32). The Morgan fingerprint density at radius 1 is 0.909 bits per heavy atom. The molecule has 170 valence electrons. The minimum absolute atomic E-state index is 0.0125. The van der Waals surface area contributed by atoms with Crippen LogP contribution in [0, 0.1) is 0 Å². The molecule has 2 aromatic heterocycles. The number of hydrogen-bond donors (Lipinski definition) is 1. The molecule has 0 saturated carbocycles. The summed E-state index contributed by atoms with van der Waals surface area (Å²) in [7, 11) is 5.69. The first-order valence-electron chi connectivity index (χ1n) is 11.2. The lowest BCUT2D eigenvalue weighted by Gasteiger charge is -2.29. The molecule has 0 fully saturated rings. The van der Waals surface area contributed by atoms with Gasteiger partial charge in [-0.25, -0.2) is 0 Å². The lowest BCUT2D eigenvalue weighted by Crippen LogP contribution is -2.41. The van der Waals surface area contributed by atoms with Crippen LogP contribution in [0.4, 0.5) is 0 Å². The highest BCUT2D eigenvalue weighted by atomic mass is 16.2. The van der Waals surface area contributed by atoms with Crippen molar-refractivity contribution in [1.82, 2.24) is 19.4 Å². The summed E-state index contributed by atoms with van der Waals surface area (Å²) in [6, 6.07) is 21.6. The number of aromatic nitrogens is 2. The fourth-order valence-electron chi connectivity index (χ4n) is 4.30. The number of likely N-dealkylation sites (N-methyl/N-ethyl adjacent to an activating group) is 1. The van der Waals surface area contributed by atoms with E-state index in [-0.39, 0.29) is 17.9 Å². The van der Waals surface area contributed by atoms with E-state index in [2.05, 4.69) is 17.4 Å². The largest absolute Gasteiger partial charge is 0.351 e. The van der Waals surface area contributed by atoms with Gasteiger partial charge in [0.25, 0.3) is 11.8 Å². The predicted octanol–water partition coefficient (Wildman–Crippen LogP) is 4.02. The second kappa shape index (κ2) is 9.77. The molecule has 1 atom stereocenters. The molecule has 33 heavy (non-hydrogen) atoms. The van der Waals surface area contributed by atoms with E-state index >= 15 is 0 Å². The zero-order valence-electron chi connectivity index (χ0n) is 19.4. The molecule has 4 rings (SSSR count). The number of benzene rings is 2. The quantitative estimate of drug-likeness (QED) is 0.448. The Labute approximate surface area is 194 Å². The molecule has 0 radical (unpaired) electrons. The molecular formula is C27H30N4O2. The van der Waals surface area contributed by atoms with Crippen LogP contribution in [-0.2, 0) is 20.5 Å². The lowest BCUT2D eigenvalue weighted by atomic mass is 10.0. The first kappa shape index (κ1) is 22.4. The highest BCUT2D eigenvalue weighted by molar-refractivity contribution is 6.06. The van der Waals surface area contributed by atoms with Crippen LogP contribution >= 0.6 is 0 Å². The van der Waals surface area contributed by atoms with Crippen molar-refractivity contribution >= 4 is 22.7 Å². The molecule has 0 aliphatic carbocycles. The monoisotopic (exact) mass is 442 g/mol. The fraction of sp³-hybridized carbons (Fsp3) is 0.259. The van der Waals surface area contributed by atoms with E-state index in [0.29, 0.717) is 30.6 Å². The van der Waals surface area contributed by atoms with Gasteiger partial charge in [-0.05, 0) is 48.7 Å². The van der Waals surface area contributed by atoms with Gasteiger partial charge in [0.2, 0.25) is 0 Å². The number of aryl methyl sites for hydroxylation is 2. The molecule has 2 aromatic carbocycles. The van der Waals surface area contributed by atoms with Crippen molar-refractivity contribution in [2.75, 3.05) is 13.6 Å². The number of amides is 2. The van der Waals surface area contributed by atoms with Crippen molar-refractivity contribution in [1.29, 1.82) is 0 Å². The van der Waals surface area contributed by atoms with Gasteiger partial charge in [0.1, 0.15) is 5.69 Å². The van der Waals surface area contributed by atoms with Crippen LogP contribution in [0.3, 0.4) is 0 Å². The Morgan fingerprint density at radius 2 is 1.70 bits per heavy atom. The van der Waals surface area contributed by atoms with Crippen LogP contribution in [0.25, 0.3) is 10.9 Å². The third-order valence-electron chi connectivity index (χ3n) is 6.28. The Balaban J connectivity index is 1.52. The average molecular weight is 443 g/mol. The molecule has 0 saturated heterocycles. The molecule has 1 unspecified atom stereocenters. The maximum absolute atomic E-state index is 13.6. The SMILES string of the molecule is CN(C(=O)c1cccc2c1ccn2C)C(CCNC(=O)c1cccn1C)Cc1ccccc1. The van der Waals surface area contributed by atoms with Crippen LogP contribution in [0.2, 0.25) is 0 Å². The van der Waals surface area contributed by atoms with Crippen molar-refractivity contribution in [2.45, 2.75) is 18.9 Å². The van der Waals surface area contributed by atoms with Crippen LogP contribution in [0.15, 0.2) is 79.1 Å². The van der Waals surface area contributed by atoms with E-state index in [1.54, 1.807) is 10.6 Å². The van der Waals surface area contributed by atoms with Crippen molar-refractivity contribution in [3.63, 3.8) is 0 Å². The summed E-state index contributed by atoms with van der Waals surface area (Å²) >= 11 is 0. The van der Waals surface area contributed by atoms with Crippen molar-refractivity contribution < 1.29 is 9.59 Å². The van der Waals surface area contributed by atoms with Crippen molar-refractivity contribution in [2.24, 2.45) is 14.1 Å². The van der Waals surface area contributed by atoms with Gasteiger partial charge in [0, 0.05) is 62.6 Å². The number of hydrogen-bond acceptors (Lipinski definition) is 2. The number of rotatable bonds is 8. The third kappa shape index (κ3) is 4.85. The van der Waals surface area contributed by atoms with E-state index in [0.717, 1.165) is 16.5 Å². The molecule has 2 heterocycles. The molecule has 6 nitrogen and oxygen atoms in total. The van der Waals surface area contributed by atoms with E-state index in [9.17, 15) is 9.59 Å². The maximum Gasteiger partial charge on any atom is 0.267 e. The molecule has 6 heteroatoms. The zero-order valence-corrected chi connectivity index (χ0v) is 19.4. The first-order chi connectivity index (χ1) is 16.0. The lowest BCUT2D eigenvalue weighted by molar-refractivity contribution is 0.0725. The summed E-state index contributed by atoms with van der Waals surface area (Å²) in [6.45, 7) is 0.481. The van der Waals surface area contributed by atoms with E-state index < -0.39 is 0 Å². The topological polar surface area (TPSA) is 59.3 Å². The number of nitrogens with zero attached hydrogens (tertiary/aromatic N) is 3. The first-order valence-corrected chi connectivity index (χ1v) is 11.2. The van der Waals surface area contributed by atoms with Gasteiger partial charge in [0.05, 0.1) is 0 Å². The van der Waals surface area contributed by atoms with Crippen LogP contribution < -0.4 is 5.32 Å². The van der Waals surface area contributed by atoms with Gasteiger partial charge < -0.3 is 19.4 Å². The molecule has 0 aliphatic rings. The summed E-state index contributed by atoms with van der Waals surface area (Å²) < 4.78 is 3.82. The van der Waals surface area contributed by atoms with Gasteiger partial charge >= 0.3 is 0 Å². The Hall–Kier alpha value is -3.80. The summed E-state index contributed by atoms with van der Waals surface area (Å²) in [6.07, 6.45) is 5.19. The molecule has 0 aliphatic heterocycles. The van der Waals surface area contributed by atoms with Crippen LogP contribution in [0.1, 0.15) is 32.8 Å². The number of carbonyl (C=O) groups excluding carboxylic acids is 2. The van der Waals surface area contributed by atoms with Crippen LogP contribution in [-0.4, -0.2) is 45.5 Å². The third-order valence-corrected chi connectivity index (χ3v) is 6.28. The second-order valence-corrected chi connectivity index (χ2v) is 8.47. The van der Waals surface area contributed by atoms with Gasteiger partial charge in [-0.15, -0.1) is 0 Å². The second-order valence-electron chi connectivity index (χ2n) is 8.47. The number of nitrogens with one attached hydrogen (secondary N) is 1. The molecule has 0 bridgehead atoms. The van der Waals surface area contributed by atoms with E-state index in [1.807, 2.05) is 91.5 Å². The smallest absolute Gasteiger partial charge is 0.267 e. The summed E-state index contributed by atoms with van der Waals surface area (Å²) in [5.74, 6) is -0.120. The summed E-state index contributed by atoms with van der Waals surface area (Å²) in [4.78, 5) is 27.9. The van der Waals surface area contributed by atoms with E-state index in [4.69, 9.17) is 0 Å². The Kier molecular flexibility index (Phi) is 6.63. The van der Waals surface area contributed by atoms with Gasteiger partial charge in [-0.2, -0.15) is 0 Å². The van der Waals surface area contributed by atoms with Crippen LogP contribution in [0.5, 0.6) is 0 Å². The van der Waals surface area contributed by atoms with Gasteiger partial charge in [-0.3, -0.25) is 9.59 Å². The van der Waals surface area contributed by atoms with E-state index in [1.165, 1.54) is 0 Å². The van der Waals surface area contributed by atoms with Crippen molar-refractivity contribution in [3.05, 3.63) is 95.9 Å². The predicted molar refractivity (Wildman–Crippen MR) is 131 cm³/mol. The minimum Gasteiger partial charge on any atom is -0.351 e. The molecular weight excluding hydrogens is 412 g/mol. The zero-order chi connectivity index (χ0) is 23.4. The fourth-order valence-corrected chi connectivity index (χ4v) is 4.30. The summed E-state index contributed by atoms with van der Waals surface area (Å²) in [5, 5.41) is 3.96.